The van der Waals surface area contributed by atoms with Gasteiger partial charge in [0.1, 0.15) is 0 Å². The zero-order valence-electron chi connectivity index (χ0n) is 13.5. The Hall–Kier alpha value is -2.70. The summed E-state index contributed by atoms with van der Waals surface area (Å²) < 4.78 is 4.90. The molecular formula is C17H16N2O5. The largest absolute Gasteiger partial charge is 0.467 e. The van der Waals surface area contributed by atoms with Crippen molar-refractivity contribution < 1.29 is 23.9 Å². The first-order chi connectivity index (χ1) is 11.4. The maximum absolute atomic E-state index is 12.9. The van der Waals surface area contributed by atoms with Gasteiger partial charge in [0.25, 0.3) is 5.91 Å². The van der Waals surface area contributed by atoms with Gasteiger partial charge in [-0.2, -0.15) is 0 Å². The van der Waals surface area contributed by atoms with Gasteiger partial charge in [0, 0.05) is 12.6 Å². The minimum absolute atomic E-state index is 0.346. The molecule has 3 aliphatic rings. The number of ether oxygens (including phenoxy) is 1. The Balaban J connectivity index is 1.99. The Bertz CT molecular complexity index is 819. The molecule has 0 bridgehead atoms. The van der Waals surface area contributed by atoms with Crippen molar-refractivity contribution in [3.63, 3.8) is 0 Å². The fourth-order valence-corrected chi connectivity index (χ4v) is 4.53. The van der Waals surface area contributed by atoms with E-state index in [1.807, 2.05) is 0 Å². The van der Waals surface area contributed by atoms with E-state index in [9.17, 15) is 19.2 Å². The number of amides is 3. The van der Waals surface area contributed by atoms with Crippen LogP contribution in [0.25, 0.3) is 0 Å². The first-order valence-corrected chi connectivity index (χ1v) is 7.68. The number of methoxy groups -OCH3 is 1. The minimum atomic E-state index is -1.50. The molecule has 4 atom stereocenters. The van der Waals surface area contributed by atoms with Crippen LogP contribution >= 0.6 is 0 Å². The number of carbonyl (C=O) groups excluding carboxylic acids is 4. The first kappa shape index (κ1) is 14.9. The molecule has 0 aromatic heterocycles. The zero-order chi connectivity index (χ0) is 17.4. The quantitative estimate of drug-likeness (QED) is 0.549. The summed E-state index contributed by atoms with van der Waals surface area (Å²) in [6, 6.07) is 6.34. The highest BCUT2D eigenvalue weighted by molar-refractivity contribution is 6.13. The summed E-state index contributed by atoms with van der Waals surface area (Å²) in [6.07, 6.45) is 0. The van der Waals surface area contributed by atoms with Crippen LogP contribution in [0.5, 0.6) is 0 Å². The number of hydrogen-bond donors (Lipinski definition) is 0. The van der Waals surface area contributed by atoms with Gasteiger partial charge in [0.05, 0.1) is 25.0 Å². The molecule has 0 spiro atoms. The summed E-state index contributed by atoms with van der Waals surface area (Å²) in [4.78, 5) is 53.2. The lowest BCUT2D eigenvalue weighted by Crippen LogP contribution is -2.56. The Kier molecular flexibility index (Phi) is 2.75. The van der Waals surface area contributed by atoms with Crippen molar-refractivity contribution in [3.8, 4) is 0 Å². The van der Waals surface area contributed by atoms with E-state index in [0.717, 1.165) is 4.90 Å². The van der Waals surface area contributed by atoms with E-state index in [0.29, 0.717) is 11.1 Å². The molecule has 2 saturated heterocycles. The van der Waals surface area contributed by atoms with Crippen LogP contribution in [0.1, 0.15) is 28.9 Å². The molecule has 2 fully saturated rings. The molecule has 0 radical (unpaired) electrons. The summed E-state index contributed by atoms with van der Waals surface area (Å²) >= 11 is 0. The minimum Gasteiger partial charge on any atom is -0.467 e. The second-order valence-electron chi connectivity index (χ2n) is 6.59. The van der Waals surface area contributed by atoms with Gasteiger partial charge in [-0.1, -0.05) is 18.2 Å². The average molecular weight is 328 g/mol. The summed E-state index contributed by atoms with van der Waals surface area (Å²) in [7, 11) is 2.63. The summed E-state index contributed by atoms with van der Waals surface area (Å²) in [5.74, 6) is -3.53. The topological polar surface area (TPSA) is 84.0 Å². The first-order valence-electron chi connectivity index (χ1n) is 7.68. The normalized spacial score (nSPS) is 33.6. The van der Waals surface area contributed by atoms with Crippen LogP contribution in [0.2, 0.25) is 0 Å². The maximum atomic E-state index is 12.9. The van der Waals surface area contributed by atoms with Gasteiger partial charge >= 0.3 is 5.97 Å². The maximum Gasteiger partial charge on any atom is 0.332 e. The highest BCUT2D eigenvalue weighted by atomic mass is 16.5. The predicted octanol–water partition coefficient (Wildman–Crippen LogP) is 0.360. The third-order valence-electron chi connectivity index (χ3n) is 5.62. The van der Waals surface area contributed by atoms with Crippen molar-refractivity contribution in [2.75, 3.05) is 14.2 Å². The van der Waals surface area contributed by atoms with Crippen molar-refractivity contribution in [3.05, 3.63) is 35.4 Å². The average Bonchev–Trinajstić information content (AvgIpc) is 3.12. The summed E-state index contributed by atoms with van der Waals surface area (Å²) in [5, 5.41) is 0. The number of hydrogen-bond acceptors (Lipinski definition) is 5. The van der Waals surface area contributed by atoms with Crippen molar-refractivity contribution in [1.29, 1.82) is 0 Å². The van der Waals surface area contributed by atoms with E-state index in [2.05, 4.69) is 0 Å². The van der Waals surface area contributed by atoms with E-state index in [-0.39, 0.29) is 11.8 Å². The lowest BCUT2D eigenvalue weighted by molar-refractivity contribution is -0.157. The molecule has 24 heavy (non-hydrogen) atoms. The highest BCUT2D eigenvalue weighted by Gasteiger charge is 2.73. The lowest BCUT2D eigenvalue weighted by atomic mass is 9.79. The molecule has 0 saturated carbocycles. The van der Waals surface area contributed by atoms with Gasteiger partial charge in [-0.25, -0.2) is 4.79 Å². The Morgan fingerprint density at radius 3 is 2.50 bits per heavy atom. The number of imide groups is 1. The molecule has 3 amide bonds. The number of likely N-dealkylation sites (tertiary alicyclic amines) is 1. The van der Waals surface area contributed by atoms with Gasteiger partial charge in [-0.05, 0) is 18.6 Å². The van der Waals surface area contributed by atoms with E-state index in [1.54, 1.807) is 24.3 Å². The van der Waals surface area contributed by atoms with Crippen LogP contribution in [-0.4, -0.2) is 53.2 Å². The second kappa shape index (κ2) is 4.43. The molecule has 1 aromatic rings. The molecule has 124 valence electrons. The van der Waals surface area contributed by atoms with Crippen LogP contribution in [0, 0.1) is 11.8 Å². The van der Waals surface area contributed by atoms with Gasteiger partial charge in [-0.3, -0.25) is 19.3 Å². The number of benzene rings is 1. The molecule has 0 N–H and O–H groups in total. The zero-order valence-corrected chi connectivity index (χ0v) is 13.5. The fourth-order valence-electron chi connectivity index (χ4n) is 4.53. The van der Waals surface area contributed by atoms with Crippen LogP contribution in [-0.2, 0) is 19.1 Å². The molecule has 7 nitrogen and oxygen atoms in total. The van der Waals surface area contributed by atoms with Crippen molar-refractivity contribution in [2.24, 2.45) is 11.8 Å². The smallest absolute Gasteiger partial charge is 0.332 e. The molecule has 4 rings (SSSR count). The Morgan fingerprint density at radius 2 is 1.83 bits per heavy atom. The van der Waals surface area contributed by atoms with Gasteiger partial charge in [0.15, 0.2) is 5.54 Å². The SMILES string of the molecule is COC(=O)[C@]1(C)[C@@H]2C(=O)N(C)C(=O)[C@@H]2[C@@H]2c3ccccc3C(=O)N21. The number of carbonyl (C=O) groups is 4. The molecule has 7 heteroatoms. The predicted molar refractivity (Wildman–Crippen MR) is 80.5 cm³/mol. The molecule has 0 unspecified atom stereocenters. The Morgan fingerprint density at radius 1 is 1.17 bits per heavy atom. The third-order valence-corrected chi connectivity index (χ3v) is 5.62. The van der Waals surface area contributed by atoms with Crippen LogP contribution < -0.4 is 0 Å². The lowest BCUT2D eigenvalue weighted by Gasteiger charge is -2.35. The molecule has 1 aromatic carbocycles. The number of fused-ring (bicyclic) bond motifs is 5. The molecule has 3 heterocycles. The van der Waals surface area contributed by atoms with Crippen LogP contribution in [0.15, 0.2) is 24.3 Å². The number of nitrogens with zero attached hydrogens (tertiary/aromatic N) is 2. The fraction of sp³-hybridized carbons (Fsp3) is 0.412. The highest BCUT2D eigenvalue weighted by Crippen LogP contribution is 2.58. The summed E-state index contributed by atoms with van der Waals surface area (Å²) in [5.41, 5.74) is -0.356. The third kappa shape index (κ3) is 1.39. The van der Waals surface area contributed by atoms with Crippen molar-refractivity contribution in [1.82, 2.24) is 9.80 Å². The standard InChI is InChI=1S/C17H16N2O5/c1-17(16(23)24-3)11-10(14(21)18(2)15(11)22)12-8-6-4-5-7-9(8)13(20)19(12)17/h4-7,10-12H,1-3H3/t10-,11-,12-,17-/m0/s1. The monoisotopic (exact) mass is 328 g/mol. The van der Waals surface area contributed by atoms with Crippen LogP contribution in [0.4, 0.5) is 0 Å². The second-order valence-corrected chi connectivity index (χ2v) is 6.59. The molecule has 0 aliphatic carbocycles. The van der Waals surface area contributed by atoms with E-state index in [4.69, 9.17) is 4.74 Å². The van der Waals surface area contributed by atoms with Crippen molar-refractivity contribution >= 4 is 23.7 Å². The summed E-state index contributed by atoms with van der Waals surface area (Å²) in [6.45, 7) is 1.52. The van der Waals surface area contributed by atoms with Gasteiger partial charge in [0.2, 0.25) is 11.8 Å². The number of rotatable bonds is 1. The van der Waals surface area contributed by atoms with E-state index >= 15 is 0 Å². The van der Waals surface area contributed by atoms with Gasteiger partial charge < -0.3 is 9.64 Å². The molecule has 3 aliphatic heterocycles. The van der Waals surface area contributed by atoms with E-state index in [1.165, 1.54) is 26.0 Å². The molecular weight excluding hydrogens is 312 g/mol. The van der Waals surface area contributed by atoms with E-state index < -0.39 is 35.3 Å². The van der Waals surface area contributed by atoms with Crippen molar-refractivity contribution in [2.45, 2.75) is 18.5 Å². The number of esters is 1. The van der Waals surface area contributed by atoms with Crippen LogP contribution in [0.3, 0.4) is 0 Å². The van der Waals surface area contributed by atoms with Gasteiger partial charge in [-0.15, -0.1) is 0 Å². The Labute approximate surface area is 138 Å².